The molecule has 1 saturated heterocycles. The van der Waals surface area contributed by atoms with E-state index in [0.29, 0.717) is 5.92 Å². The van der Waals surface area contributed by atoms with Gasteiger partial charge in [-0.1, -0.05) is 13.8 Å². The van der Waals surface area contributed by atoms with E-state index < -0.39 is 0 Å². The van der Waals surface area contributed by atoms with Crippen LogP contribution in [-0.4, -0.2) is 53.0 Å². The molecule has 1 aliphatic rings. The van der Waals surface area contributed by atoms with E-state index in [0.717, 1.165) is 43.5 Å². The smallest absolute Gasteiger partial charge is 0.234 e. The van der Waals surface area contributed by atoms with E-state index in [1.165, 1.54) is 0 Å². The SMILES string of the molecule is Cc1cc(N2CCN([C@@H](C)C(N)=O)CC2)nc(C(C)C)n1. The number of carbonyl (C=O) groups is 1. The van der Waals surface area contributed by atoms with Gasteiger partial charge in [0.25, 0.3) is 0 Å². The molecule has 0 aromatic carbocycles. The van der Waals surface area contributed by atoms with Gasteiger partial charge in [0.15, 0.2) is 0 Å². The molecule has 6 heteroatoms. The molecule has 1 aromatic heterocycles. The molecule has 1 amide bonds. The summed E-state index contributed by atoms with van der Waals surface area (Å²) < 4.78 is 0. The third-order valence-electron chi connectivity index (χ3n) is 3.97. The fourth-order valence-corrected chi connectivity index (χ4v) is 2.51. The predicted octanol–water partition coefficient (Wildman–Crippen LogP) is 0.904. The number of aryl methyl sites for hydroxylation is 1. The average Bonchev–Trinajstić information content (AvgIpc) is 2.45. The monoisotopic (exact) mass is 291 g/mol. The lowest BCUT2D eigenvalue weighted by molar-refractivity contribution is -0.122. The summed E-state index contributed by atoms with van der Waals surface area (Å²) >= 11 is 0. The normalized spacial score (nSPS) is 18.0. The molecule has 0 unspecified atom stereocenters. The maximum Gasteiger partial charge on any atom is 0.234 e. The number of anilines is 1. The molecule has 0 spiro atoms. The van der Waals surface area contributed by atoms with Gasteiger partial charge in [-0.15, -0.1) is 0 Å². The Kier molecular flexibility index (Phi) is 4.77. The fourth-order valence-electron chi connectivity index (χ4n) is 2.51. The average molecular weight is 291 g/mol. The Bertz CT molecular complexity index is 509. The second-order valence-electron chi connectivity index (χ2n) is 5.98. The van der Waals surface area contributed by atoms with Crippen molar-refractivity contribution in [3.63, 3.8) is 0 Å². The summed E-state index contributed by atoms with van der Waals surface area (Å²) in [6, 6.07) is 1.82. The van der Waals surface area contributed by atoms with Gasteiger partial charge in [0.1, 0.15) is 11.6 Å². The number of nitrogens with zero attached hydrogens (tertiary/aromatic N) is 4. The second-order valence-corrected chi connectivity index (χ2v) is 5.98. The molecule has 0 saturated carbocycles. The van der Waals surface area contributed by atoms with Crippen LogP contribution in [0.1, 0.15) is 38.2 Å². The van der Waals surface area contributed by atoms with Crippen LogP contribution in [0, 0.1) is 6.92 Å². The Morgan fingerprint density at radius 1 is 1.19 bits per heavy atom. The number of amides is 1. The van der Waals surface area contributed by atoms with Gasteiger partial charge in [-0.2, -0.15) is 0 Å². The van der Waals surface area contributed by atoms with Crippen molar-refractivity contribution in [2.75, 3.05) is 31.1 Å². The van der Waals surface area contributed by atoms with Crippen molar-refractivity contribution >= 4 is 11.7 Å². The third kappa shape index (κ3) is 3.69. The van der Waals surface area contributed by atoms with Gasteiger partial charge in [0.2, 0.25) is 5.91 Å². The van der Waals surface area contributed by atoms with Crippen molar-refractivity contribution in [1.29, 1.82) is 0 Å². The Morgan fingerprint density at radius 3 is 2.33 bits per heavy atom. The molecule has 0 radical (unpaired) electrons. The minimum absolute atomic E-state index is 0.203. The summed E-state index contributed by atoms with van der Waals surface area (Å²) in [5, 5.41) is 0. The second kappa shape index (κ2) is 6.39. The number of rotatable bonds is 4. The molecule has 2 heterocycles. The zero-order valence-electron chi connectivity index (χ0n) is 13.3. The van der Waals surface area contributed by atoms with Crippen molar-refractivity contribution in [2.24, 2.45) is 5.73 Å². The summed E-state index contributed by atoms with van der Waals surface area (Å²) in [6.45, 7) is 11.4. The molecule has 1 atom stereocenters. The summed E-state index contributed by atoms with van der Waals surface area (Å²) in [6.07, 6.45) is 0. The number of carbonyl (C=O) groups excluding carboxylic acids is 1. The van der Waals surface area contributed by atoms with E-state index in [4.69, 9.17) is 5.73 Å². The van der Waals surface area contributed by atoms with Crippen LogP contribution in [0.25, 0.3) is 0 Å². The fraction of sp³-hybridized carbons (Fsp3) is 0.667. The van der Waals surface area contributed by atoms with Crippen molar-refractivity contribution in [3.05, 3.63) is 17.6 Å². The minimum Gasteiger partial charge on any atom is -0.368 e. The van der Waals surface area contributed by atoms with Crippen molar-refractivity contribution in [2.45, 2.75) is 39.7 Å². The van der Waals surface area contributed by atoms with E-state index in [9.17, 15) is 4.79 Å². The Labute approximate surface area is 126 Å². The van der Waals surface area contributed by atoms with Gasteiger partial charge in [0.05, 0.1) is 6.04 Å². The molecular weight excluding hydrogens is 266 g/mol. The highest BCUT2D eigenvalue weighted by Gasteiger charge is 2.25. The highest BCUT2D eigenvalue weighted by atomic mass is 16.1. The van der Waals surface area contributed by atoms with Crippen LogP contribution >= 0.6 is 0 Å². The van der Waals surface area contributed by atoms with Crippen LogP contribution in [0.2, 0.25) is 0 Å². The number of nitrogens with two attached hydrogens (primary N) is 1. The maximum absolute atomic E-state index is 11.3. The number of aromatic nitrogens is 2. The van der Waals surface area contributed by atoms with Gasteiger partial charge in [-0.3, -0.25) is 9.69 Å². The van der Waals surface area contributed by atoms with Crippen LogP contribution in [0.15, 0.2) is 6.07 Å². The summed E-state index contributed by atoms with van der Waals surface area (Å²) in [5.74, 6) is 1.93. The number of primary amides is 1. The molecule has 1 aromatic rings. The van der Waals surface area contributed by atoms with E-state index >= 15 is 0 Å². The quantitative estimate of drug-likeness (QED) is 0.892. The molecular formula is C15H25N5O. The molecule has 0 bridgehead atoms. The number of hydrogen-bond donors (Lipinski definition) is 1. The molecule has 2 N–H and O–H groups in total. The Hall–Kier alpha value is -1.69. The molecule has 0 aliphatic carbocycles. The third-order valence-corrected chi connectivity index (χ3v) is 3.97. The van der Waals surface area contributed by atoms with Crippen LogP contribution in [0.5, 0.6) is 0 Å². The number of piperazine rings is 1. The molecule has 1 fully saturated rings. The lowest BCUT2D eigenvalue weighted by atomic mass is 10.2. The van der Waals surface area contributed by atoms with Crippen molar-refractivity contribution in [1.82, 2.24) is 14.9 Å². The van der Waals surface area contributed by atoms with Crippen LogP contribution < -0.4 is 10.6 Å². The minimum atomic E-state index is -0.261. The topological polar surface area (TPSA) is 75.3 Å². The standard InChI is InChI=1S/C15H25N5O/c1-10(2)15-17-11(3)9-13(18-15)20-7-5-19(6-8-20)12(4)14(16)21/h9-10,12H,5-8H2,1-4H3,(H2,16,21)/t12-/m0/s1. The van der Waals surface area contributed by atoms with Gasteiger partial charge < -0.3 is 10.6 Å². The largest absolute Gasteiger partial charge is 0.368 e. The zero-order valence-corrected chi connectivity index (χ0v) is 13.3. The highest BCUT2D eigenvalue weighted by molar-refractivity contribution is 5.79. The molecule has 2 rings (SSSR count). The summed E-state index contributed by atoms with van der Waals surface area (Å²) in [5.41, 5.74) is 6.37. The molecule has 6 nitrogen and oxygen atoms in total. The Morgan fingerprint density at radius 2 is 1.81 bits per heavy atom. The van der Waals surface area contributed by atoms with Crippen molar-refractivity contribution < 1.29 is 4.79 Å². The first-order valence-corrected chi connectivity index (χ1v) is 7.52. The first-order valence-electron chi connectivity index (χ1n) is 7.52. The van der Waals surface area contributed by atoms with E-state index in [-0.39, 0.29) is 11.9 Å². The first-order chi connectivity index (χ1) is 9.88. The highest BCUT2D eigenvalue weighted by Crippen LogP contribution is 2.19. The van der Waals surface area contributed by atoms with Gasteiger partial charge in [-0.05, 0) is 13.8 Å². The zero-order chi connectivity index (χ0) is 15.6. The first kappa shape index (κ1) is 15.7. The predicted molar refractivity (Wildman–Crippen MR) is 83.3 cm³/mol. The summed E-state index contributed by atoms with van der Waals surface area (Å²) in [4.78, 5) is 24.8. The number of hydrogen-bond acceptors (Lipinski definition) is 5. The molecule has 1 aliphatic heterocycles. The van der Waals surface area contributed by atoms with Gasteiger partial charge >= 0.3 is 0 Å². The Balaban J connectivity index is 2.07. The van der Waals surface area contributed by atoms with Crippen LogP contribution in [0.3, 0.4) is 0 Å². The van der Waals surface area contributed by atoms with Gasteiger partial charge in [-0.25, -0.2) is 9.97 Å². The molecule has 116 valence electrons. The lowest BCUT2D eigenvalue weighted by Gasteiger charge is -2.37. The van der Waals surface area contributed by atoms with Crippen molar-refractivity contribution in [3.8, 4) is 0 Å². The lowest BCUT2D eigenvalue weighted by Crippen LogP contribution is -2.53. The molecule has 21 heavy (non-hydrogen) atoms. The van der Waals surface area contributed by atoms with E-state index in [2.05, 4.69) is 33.6 Å². The van der Waals surface area contributed by atoms with Crippen LogP contribution in [0.4, 0.5) is 5.82 Å². The van der Waals surface area contributed by atoms with Gasteiger partial charge in [0, 0.05) is 43.9 Å². The van der Waals surface area contributed by atoms with Crippen LogP contribution in [-0.2, 0) is 4.79 Å². The maximum atomic E-state index is 11.3. The summed E-state index contributed by atoms with van der Waals surface area (Å²) in [7, 11) is 0. The van der Waals surface area contributed by atoms with E-state index in [1.54, 1.807) is 0 Å². The van der Waals surface area contributed by atoms with E-state index in [1.807, 2.05) is 19.9 Å².